The van der Waals surface area contributed by atoms with Gasteiger partial charge in [-0.1, -0.05) is 57.9 Å². The second-order valence-corrected chi connectivity index (χ2v) is 14.7. The van der Waals surface area contributed by atoms with Crippen molar-refractivity contribution in [1.82, 2.24) is 9.80 Å². The third-order valence-corrected chi connectivity index (χ3v) is 11.9. The maximum Gasteiger partial charge on any atom is 0.0700 e. The molecule has 0 unspecified atom stereocenters. The maximum atomic E-state index is 11.1. The Kier molecular flexibility index (Phi) is 8.55. The van der Waals surface area contributed by atoms with Crippen LogP contribution >= 0.6 is 0 Å². The van der Waals surface area contributed by atoms with Crippen LogP contribution in [0.2, 0.25) is 0 Å². The van der Waals surface area contributed by atoms with E-state index in [4.69, 9.17) is 0 Å². The van der Waals surface area contributed by atoms with Crippen LogP contribution in [0.25, 0.3) is 0 Å². The highest BCUT2D eigenvalue weighted by molar-refractivity contribution is 5.28. The van der Waals surface area contributed by atoms with Crippen LogP contribution in [-0.4, -0.2) is 61.8 Å². The minimum absolute atomic E-state index is 0.181. The van der Waals surface area contributed by atoms with E-state index >= 15 is 0 Å². The van der Waals surface area contributed by atoms with Crippen molar-refractivity contribution in [2.45, 2.75) is 105 Å². The summed E-state index contributed by atoms with van der Waals surface area (Å²) in [5, 5.41) is 11.1. The molecule has 3 saturated carbocycles. The molecule has 0 aromatic heterocycles. The molecule has 3 fully saturated rings. The van der Waals surface area contributed by atoms with Gasteiger partial charge in [-0.25, -0.2) is 0 Å². The van der Waals surface area contributed by atoms with Crippen LogP contribution in [0, 0.1) is 46.3 Å². The molecule has 4 rings (SSSR count). The Morgan fingerprint density at radius 1 is 1.06 bits per heavy atom. The quantitative estimate of drug-likeness (QED) is 0.364. The molecule has 4 aliphatic carbocycles. The highest BCUT2D eigenvalue weighted by Crippen LogP contribution is 2.67. The number of aliphatic hydroxyl groups excluding tert-OH is 1. The summed E-state index contributed by atoms with van der Waals surface area (Å²) in [6.45, 7) is 13.7. The summed E-state index contributed by atoms with van der Waals surface area (Å²) in [6.07, 6.45) is 16.5. The number of allylic oxidation sites excluding steroid dienone is 3. The molecule has 0 radical (unpaired) electrons. The average molecular weight is 499 g/mol. The number of hydrogen-bond acceptors (Lipinski definition) is 3. The zero-order valence-electron chi connectivity index (χ0n) is 25.2. The topological polar surface area (TPSA) is 26.7 Å². The van der Waals surface area contributed by atoms with Gasteiger partial charge in [0.15, 0.2) is 0 Å². The zero-order chi connectivity index (χ0) is 26.4. The van der Waals surface area contributed by atoms with Gasteiger partial charge in [-0.3, -0.25) is 0 Å². The molecule has 3 heteroatoms. The van der Waals surface area contributed by atoms with Gasteiger partial charge in [-0.2, -0.15) is 0 Å². The first kappa shape index (κ1) is 28.4. The minimum Gasteiger partial charge on any atom is -0.391 e. The number of aliphatic hydroxyl groups is 1. The largest absolute Gasteiger partial charge is 0.391 e. The van der Waals surface area contributed by atoms with Crippen molar-refractivity contribution in [3.8, 4) is 0 Å². The van der Waals surface area contributed by atoms with Gasteiger partial charge in [0.25, 0.3) is 0 Å². The van der Waals surface area contributed by atoms with Crippen LogP contribution in [0.4, 0.5) is 0 Å². The summed E-state index contributed by atoms with van der Waals surface area (Å²) >= 11 is 0. The highest BCUT2D eigenvalue weighted by Gasteiger charge is 2.59. The summed E-state index contributed by atoms with van der Waals surface area (Å²) in [6, 6.07) is 0.324. The molecular weight excluding hydrogens is 440 g/mol. The predicted octanol–water partition coefficient (Wildman–Crippen LogP) is 7.03. The maximum absolute atomic E-state index is 11.1. The van der Waals surface area contributed by atoms with E-state index in [1.54, 1.807) is 5.57 Å². The zero-order valence-corrected chi connectivity index (χ0v) is 25.2. The Bertz CT molecular complexity index is 828. The lowest BCUT2D eigenvalue weighted by Crippen LogP contribution is -2.56. The van der Waals surface area contributed by atoms with E-state index in [1.807, 2.05) is 5.57 Å². The van der Waals surface area contributed by atoms with Gasteiger partial charge in [-0.15, -0.1) is 0 Å². The van der Waals surface area contributed by atoms with Crippen molar-refractivity contribution in [3.05, 3.63) is 23.3 Å². The summed E-state index contributed by atoms with van der Waals surface area (Å²) < 4.78 is 0. The fourth-order valence-electron chi connectivity index (χ4n) is 9.54. The first-order valence-corrected chi connectivity index (χ1v) is 15.3. The second kappa shape index (κ2) is 10.9. The van der Waals surface area contributed by atoms with E-state index in [-0.39, 0.29) is 11.5 Å². The van der Waals surface area contributed by atoms with E-state index in [2.05, 4.69) is 84.8 Å². The highest BCUT2D eigenvalue weighted by atomic mass is 16.3. The fraction of sp³-hybridized carbons (Fsp3) is 0.879. The summed E-state index contributed by atoms with van der Waals surface area (Å²) in [4.78, 5) is 4.58. The van der Waals surface area contributed by atoms with Crippen LogP contribution in [0.3, 0.4) is 0 Å². The fourth-order valence-corrected chi connectivity index (χ4v) is 9.54. The van der Waals surface area contributed by atoms with Crippen LogP contribution < -0.4 is 0 Å². The van der Waals surface area contributed by atoms with Gasteiger partial charge in [0.2, 0.25) is 0 Å². The Hall–Kier alpha value is -0.640. The molecule has 0 aliphatic heterocycles. The van der Waals surface area contributed by atoms with Crippen LogP contribution in [0.5, 0.6) is 0 Å². The van der Waals surface area contributed by atoms with Crippen LogP contribution in [0.1, 0.15) is 92.4 Å². The molecule has 0 heterocycles. The van der Waals surface area contributed by atoms with Crippen molar-refractivity contribution >= 4 is 0 Å². The predicted molar refractivity (Wildman–Crippen MR) is 154 cm³/mol. The SMILES string of the molecule is CC(C)/C(=C\C[C@@H](C)[C@H]1CC[C@H]2C3=CC[C@H]4C[C@H](N(C)C)[C@@H](O)C[C@]4(C)[C@H]3CC[C@]12C)CCN(C)C. The molecule has 206 valence electrons. The third kappa shape index (κ3) is 5.15. The lowest BCUT2D eigenvalue weighted by Gasteiger charge is -2.59. The Morgan fingerprint density at radius 3 is 2.39 bits per heavy atom. The van der Waals surface area contributed by atoms with E-state index in [9.17, 15) is 5.11 Å². The lowest BCUT2D eigenvalue weighted by atomic mass is 9.47. The van der Waals surface area contributed by atoms with Crippen molar-refractivity contribution in [1.29, 1.82) is 0 Å². The number of hydrogen-bond donors (Lipinski definition) is 1. The van der Waals surface area contributed by atoms with Crippen LogP contribution in [-0.2, 0) is 0 Å². The second-order valence-electron chi connectivity index (χ2n) is 14.7. The third-order valence-electron chi connectivity index (χ3n) is 11.9. The first-order valence-electron chi connectivity index (χ1n) is 15.3. The number of likely N-dealkylation sites (N-methyl/N-ethyl adjacent to an activating group) is 1. The molecule has 9 atom stereocenters. The molecule has 36 heavy (non-hydrogen) atoms. The van der Waals surface area contributed by atoms with Gasteiger partial charge in [0.05, 0.1) is 6.10 Å². The van der Waals surface area contributed by atoms with Crippen molar-refractivity contribution in [2.75, 3.05) is 34.7 Å². The van der Waals surface area contributed by atoms with E-state index in [1.165, 1.54) is 44.9 Å². The van der Waals surface area contributed by atoms with Crippen molar-refractivity contribution in [3.63, 3.8) is 0 Å². The van der Waals surface area contributed by atoms with Crippen molar-refractivity contribution < 1.29 is 5.11 Å². The molecule has 3 nitrogen and oxygen atoms in total. The van der Waals surface area contributed by atoms with Gasteiger partial charge >= 0.3 is 0 Å². The van der Waals surface area contributed by atoms with Crippen LogP contribution in [0.15, 0.2) is 23.3 Å². The Balaban J connectivity index is 1.49. The minimum atomic E-state index is -0.181. The summed E-state index contributed by atoms with van der Waals surface area (Å²) in [5.41, 5.74) is 4.21. The van der Waals surface area contributed by atoms with Gasteiger partial charge < -0.3 is 14.9 Å². The molecule has 0 amide bonds. The first-order chi connectivity index (χ1) is 16.9. The molecular formula is C33H58N2O. The van der Waals surface area contributed by atoms with Gasteiger partial charge in [0.1, 0.15) is 0 Å². The number of fused-ring (bicyclic) bond motifs is 5. The van der Waals surface area contributed by atoms with E-state index < -0.39 is 0 Å². The average Bonchev–Trinajstić information content (AvgIpc) is 3.14. The summed E-state index contributed by atoms with van der Waals surface area (Å²) in [7, 11) is 8.67. The molecule has 0 bridgehead atoms. The molecule has 1 N–H and O–H groups in total. The molecule has 0 aromatic rings. The Morgan fingerprint density at radius 2 is 1.75 bits per heavy atom. The van der Waals surface area contributed by atoms with E-state index in [0.29, 0.717) is 23.3 Å². The standard InChI is InChI=1S/C33H58N2O/c1-22(2)24(17-19-34(6)7)11-10-23(3)27-14-15-28-26-13-12-25-20-30(35(8)9)31(36)21-33(25,5)29(26)16-18-32(27,28)4/h11,13,22-23,25,27-31,36H,10,12,14-21H2,1-9H3/b24-11-/t23-,25+,27-,28+,29+,30+,31+,32-,33+/m1/s1. The van der Waals surface area contributed by atoms with Crippen molar-refractivity contribution in [2.24, 2.45) is 46.3 Å². The monoisotopic (exact) mass is 498 g/mol. The number of rotatable bonds is 8. The summed E-state index contributed by atoms with van der Waals surface area (Å²) in [5.74, 6) is 4.44. The Labute approximate surface area is 223 Å². The van der Waals surface area contributed by atoms with E-state index in [0.717, 1.165) is 43.1 Å². The van der Waals surface area contributed by atoms with Gasteiger partial charge in [0, 0.05) is 12.6 Å². The molecule has 0 saturated heterocycles. The smallest absolute Gasteiger partial charge is 0.0700 e. The normalized spacial score (nSPS) is 41.8. The number of nitrogens with zero attached hydrogens (tertiary/aromatic N) is 2. The lowest BCUT2D eigenvalue weighted by molar-refractivity contribution is -0.0821. The molecule has 4 aliphatic rings. The molecule has 0 spiro atoms. The molecule has 0 aromatic carbocycles. The van der Waals surface area contributed by atoms with Gasteiger partial charge in [-0.05, 0) is 132 Å².